The Hall–Kier alpha value is -1.51. The Morgan fingerprint density at radius 3 is 1.95 bits per heavy atom. The molecule has 21 heavy (non-hydrogen) atoms. The molecule has 118 valence electrons. The maximum absolute atomic E-state index is 11.6. The van der Waals surface area contributed by atoms with Gasteiger partial charge in [0.05, 0.1) is 13.0 Å². The highest BCUT2D eigenvalue weighted by Crippen LogP contribution is 2.42. The molecule has 2 rings (SSSR count). The number of ether oxygens (including phenoxy) is 1. The van der Waals surface area contributed by atoms with Crippen molar-refractivity contribution in [2.24, 2.45) is 16.7 Å². The second-order valence-electron chi connectivity index (χ2n) is 7.94. The van der Waals surface area contributed by atoms with Crippen LogP contribution in [0.15, 0.2) is 18.2 Å². The third kappa shape index (κ3) is 5.41. The van der Waals surface area contributed by atoms with E-state index in [-0.39, 0.29) is 22.7 Å². The molecule has 1 atom stereocenters. The number of phenols is 1. The van der Waals surface area contributed by atoms with E-state index in [1.54, 1.807) is 6.07 Å². The largest absolute Gasteiger partial charge is 0.507 e. The quantitative estimate of drug-likeness (QED) is 0.821. The molecular weight excluding hydrogens is 264 g/mol. The molecule has 3 heteroatoms. The van der Waals surface area contributed by atoms with Gasteiger partial charge in [-0.25, -0.2) is 0 Å². The molecule has 0 aromatic carbocycles. The number of rotatable bonds is 2. The van der Waals surface area contributed by atoms with Gasteiger partial charge in [-0.2, -0.15) is 0 Å². The zero-order valence-electron chi connectivity index (χ0n) is 14.3. The van der Waals surface area contributed by atoms with Crippen molar-refractivity contribution in [3.05, 3.63) is 18.2 Å². The molecule has 0 saturated heterocycles. The van der Waals surface area contributed by atoms with Crippen molar-refractivity contribution in [2.75, 3.05) is 7.11 Å². The van der Waals surface area contributed by atoms with Crippen LogP contribution in [0.5, 0.6) is 5.75 Å². The smallest absolute Gasteiger partial charge is 0.309 e. The van der Waals surface area contributed by atoms with E-state index in [1.165, 1.54) is 12.7 Å². The van der Waals surface area contributed by atoms with Crippen molar-refractivity contribution >= 4 is 5.97 Å². The number of fused-ring (bicyclic) bond motifs is 1. The lowest BCUT2D eigenvalue weighted by molar-refractivity contribution is -0.150. The molecule has 0 saturated carbocycles. The lowest BCUT2D eigenvalue weighted by Gasteiger charge is -2.33. The van der Waals surface area contributed by atoms with E-state index >= 15 is 0 Å². The molecule has 1 N–H and O–H groups in total. The summed E-state index contributed by atoms with van der Waals surface area (Å²) in [6, 6.07) is 5.57. The van der Waals surface area contributed by atoms with Gasteiger partial charge in [0.15, 0.2) is 0 Å². The molecule has 0 spiro atoms. The zero-order valence-corrected chi connectivity index (χ0v) is 14.3. The zero-order chi connectivity index (χ0) is 16.4. The third-order valence-corrected chi connectivity index (χ3v) is 3.57. The molecule has 0 fully saturated rings. The van der Waals surface area contributed by atoms with Gasteiger partial charge in [-0.15, -0.1) is 0 Å². The summed E-state index contributed by atoms with van der Waals surface area (Å²) in [4.78, 5) is 11.6. The van der Waals surface area contributed by atoms with Crippen molar-refractivity contribution in [3.8, 4) is 16.9 Å². The predicted molar refractivity (Wildman–Crippen MR) is 86.1 cm³/mol. The van der Waals surface area contributed by atoms with Crippen LogP contribution in [0.2, 0.25) is 0 Å². The first-order valence-electron chi connectivity index (χ1n) is 7.37. The molecular formula is C18H28O3. The molecule has 2 aliphatic rings. The average Bonchev–Trinajstić information content (AvgIpc) is 3.03. The maximum atomic E-state index is 11.6. The number of phenolic OH excluding ortho intramolecular Hbond substituents is 1. The summed E-state index contributed by atoms with van der Waals surface area (Å²) in [7, 11) is 1.46. The third-order valence-electron chi connectivity index (χ3n) is 3.57. The van der Waals surface area contributed by atoms with Gasteiger partial charge in [-0.1, -0.05) is 47.6 Å². The topological polar surface area (TPSA) is 46.5 Å². The van der Waals surface area contributed by atoms with Gasteiger partial charge in [0, 0.05) is 5.56 Å². The minimum atomic E-state index is -0.0903. The number of hydrogen-bond acceptors (Lipinski definition) is 3. The summed E-state index contributed by atoms with van der Waals surface area (Å²) in [5.41, 5.74) is 2.35. The number of benzene rings is 1. The van der Waals surface area contributed by atoms with Crippen molar-refractivity contribution in [1.29, 1.82) is 0 Å². The van der Waals surface area contributed by atoms with Crippen LogP contribution in [0.1, 0.15) is 48.0 Å². The predicted octanol–water partition coefficient (Wildman–Crippen LogP) is 4.63. The van der Waals surface area contributed by atoms with Crippen molar-refractivity contribution in [3.63, 3.8) is 0 Å². The fraction of sp³-hybridized carbons (Fsp3) is 0.611. The lowest BCUT2D eigenvalue weighted by atomic mass is 9.72. The molecule has 3 nitrogen and oxygen atoms in total. The van der Waals surface area contributed by atoms with Gasteiger partial charge in [0.1, 0.15) is 5.75 Å². The Kier molecular flexibility index (Phi) is 5.08. The summed E-state index contributed by atoms with van der Waals surface area (Å²) >= 11 is 0. The Balaban J connectivity index is 0.000000255. The summed E-state index contributed by atoms with van der Waals surface area (Å²) in [5.74, 6) is 0.315. The van der Waals surface area contributed by atoms with Gasteiger partial charge >= 0.3 is 5.97 Å². The van der Waals surface area contributed by atoms with E-state index in [0.29, 0.717) is 5.75 Å². The second-order valence-corrected chi connectivity index (χ2v) is 7.94. The number of carbonyl (C=O) groups excluding carboxylic acids is 1. The second kappa shape index (κ2) is 6.08. The van der Waals surface area contributed by atoms with Crippen LogP contribution in [0.4, 0.5) is 0 Å². The number of esters is 1. The van der Waals surface area contributed by atoms with Crippen LogP contribution >= 0.6 is 0 Å². The van der Waals surface area contributed by atoms with Crippen molar-refractivity contribution < 1.29 is 14.6 Å². The fourth-order valence-electron chi connectivity index (χ4n) is 2.24. The average molecular weight is 292 g/mol. The summed E-state index contributed by atoms with van der Waals surface area (Å²) in [6.07, 6.45) is 0.864. The van der Waals surface area contributed by atoms with Crippen LogP contribution in [-0.4, -0.2) is 18.2 Å². The van der Waals surface area contributed by atoms with Crippen LogP contribution in [0.3, 0.4) is 0 Å². The van der Waals surface area contributed by atoms with E-state index in [0.717, 1.165) is 12.0 Å². The molecule has 0 aromatic heterocycles. The van der Waals surface area contributed by atoms with Crippen LogP contribution in [-0.2, 0) is 9.53 Å². The summed E-state index contributed by atoms with van der Waals surface area (Å²) in [6.45, 7) is 12.7. The monoisotopic (exact) mass is 292 g/mol. The minimum Gasteiger partial charge on any atom is -0.507 e. The highest BCUT2D eigenvalue weighted by molar-refractivity contribution is 5.86. The lowest BCUT2D eigenvalue weighted by Crippen LogP contribution is -2.33. The fourth-order valence-corrected chi connectivity index (χ4v) is 2.24. The van der Waals surface area contributed by atoms with E-state index in [1.807, 2.05) is 12.1 Å². The number of hydrogen-bond donors (Lipinski definition) is 1. The highest BCUT2D eigenvalue weighted by Gasteiger charge is 2.35. The van der Waals surface area contributed by atoms with Gasteiger partial charge < -0.3 is 9.84 Å². The summed E-state index contributed by atoms with van der Waals surface area (Å²) < 4.78 is 4.85. The highest BCUT2D eigenvalue weighted by atomic mass is 16.5. The molecule has 2 aliphatic carbocycles. The first-order chi connectivity index (χ1) is 9.45. The molecule has 0 aliphatic heterocycles. The normalized spacial score (nSPS) is 13.9. The number of aromatic hydroxyl groups is 1. The Labute approximate surface area is 128 Å². The van der Waals surface area contributed by atoms with Crippen molar-refractivity contribution in [2.45, 2.75) is 48.0 Å². The van der Waals surface area contributed by atoms with Crippen molar-refractivity contribution in [1.82, 2.24) is 0 Å². The van der Waals surface area contributed by atoms with Crippen LogP contribution < -0.4 is 0 Å². The number of methoxy groups -OCH3 is 1. The van der Waals surface area contributed by atoms with E-state index in [4.69, 9.17) is 9.84 Å². The minimum absolute atomic E-state index is 0.0208. The van der Waals surface area contributed by atoms with Gasteiger partial charge in [0.25, 0.3) is 0 Å². The molecule has 0 radical (unpaired) electrons. The van der Waals surface area contributed by atoms with E-state index in [9.17, 15) is 4.79 Å². The first-order valence-corrected chi connectivity index (χ1v) is 7.37. The van der Waals surface area contributed by atoms with Crippen LogP contribution in [0, 0.1) is 16.7 Å². The van der Waals surface area contributed by atoms with Crippen LogP contribution in [0.25, 0.3) is 11.1 Å². The Morgan fingerprint density at radius 2 is 1.76 bits per heavy atom. The maximum Gasteiger partial charge on any atom is 0.309 e. The molecule has 0 bridgehead atoms. The Morgan fingerprint density at radius 1 is 1.19 bits per heavy atom. The SMILES string of the molecule is COC(=O)C(CC(C)(C)C)C(C)(C)C.Oc1ccc2cc1-2. The first kappa shape index (κ1) is 17.5. The van der Waals surface area contributed by atoms with Gasteiger partial charge in [-0.3, -0.25) is 4.79 Å². The molecule has 0 amide bonds. The summed E-state index contributed by atoms with van der Waals surface area (Å²) in [5, 5.41) is 8.78. The molecule has 0 heterocycles. The molecule has 0 aromatic rings. The van der Waals surface area contributed by atoms with Gasteiger partial charge in [0.2, 0.25) is 0 Å². The van der Waals surface area contributed by atoms with E-state index < -0.39 is 0 Å². The Bertz CT molecular complexity index is 504. The van der Waals surface area contributed by atoms with Gasteiger partial charge in [-0.05, 0) is 34.9 Å². The molecule has 1 unspecified atom stereocenters. The number of carbonyl (C=O) groups is 1. The van der Waals surface area contributed by atoms with E-state index in [2.05, 4.69) is 41.5 Å². The standard InChI is InChI=1S/C12H24O2.C6H4O/c1-11(2,3)8-9(10(13)14-7)12(4,5)6;7-6-2-1-4-3-5(4)6/h9H,8H2,1-7H3;1-3,7H.